The van der Waals surface area contributed by atoms with Crippen LogP contribution in [0.4, 0.5) is 0 Å². The summed E-state index contributed by atoms with van der Waals surface area (Å²) >= 11 is 0. The molecule has 4 nitrogen and oxygen atoms in total. The Bertz CT molecular complexity index is 809. The van der Waals surface area contributed by atoms with Crippen molar-refractivity contribution >= 4 is 51.6 Å². The van der Waals surface area contributed by atoms with Crippen molar-refractivity contribution in [2.75, 3.05) is 13.1 Å². The molecule has 1 fully saturated rings. The molecule has 1 saturated heterocycles. The van der Waals surface area contributed by atoms with E-state index in [4.69, 9.17) is 5.41 Å². The summed E-state index contributed by atoms with van der Waals surface area (Å²) in [7, 11) is 5.47. The van der Waals surface area contributed by atoms with Gasteiger partial charge in [-0.05, 0) is 29.9 Å². The average Bonchev–Trinajstić information content (AvgIpc) is 3.07. The summed E-state index contributed by atoms with van der Waals surface area (Å²) < 4.78 is 0. The van der Waals surface area contributed by atoms with E-state index < -0.39 is 0 Å². The van der Waals surface area contributed by atoms with Crippen molar-refractivity contribution in [1.82, 2.24) is 9.88 Å². The third-order valence-corrected chi connectivity index (χ3v) is 5.93. The largest absolute Gasteiger partial charge is 0.350 e. The monoisotopic (exact) mass is 331 g/mol. The van der Waals surface area contributed by atoms with Crippen LogP contribution in [-0.4, -0.2) is 34.6 Å². The van der Waals surface area contributed by atoms with Gasteiger partial charge < -0.3 is 15.3 Å². The highest BCUT2D eigenvalue weighted by Crippen LogP contribution is 2.21. The molecule has 0 bridgehead atoms. The molecule has 3 unspecified atom stereocenters. The van der Waals surface area contributed by atoms with Crippen molar-refractivity contribution in [2.45, 2.75) is 6.92 Å². The molecule has 6 heteroatoms. The lowest BCUT2D eigenvalue weighted by molar-refractivity contribution is 0.0788. The van der Waals surface area contributed by atoms with Crippen LogP contribution in [0, 0.1) is 18.3 Å². The van der Waals surface area contributed by atoms with Crippen LogP contribution in [0.2, 0.25) is 0 Å². The van der Waals surface area contributed by atoms with Crippen molar-refractivity contribution in [3.63, 3.8) is 0 Å². The van der Waals surface area contributed by atoms with E-state index in [0.717, 1.165) is 21.5 Å². The molecule has 2 N–H and O–H groups in total. The first kappa shape index (κ1) is 15.4. The Labute approximate surface area is 134 Å². The van der Waals surface area contributed by atoms with E-state index in [1.54, 1.807) is 11.0 Å². The zero-order valence-corrected chi connectivity index (χ0v) is 14.8. The quantitative estimate of drug-likeness (QED) is 0.639. The van der Waals surface area contributed by atoms with Crippen molar-refractivity contribution in [3.8, 4) is 0 Å². The molecule has 2 heterocycles. The molecule has 3 rings (SSSR count). The molecule has 1 aromatic heterocycles. The van der Waals surface area contributed by atoms with Crippen LogP contribution in [0.1, 0.15) is 16.1 Å². The predicted molar refractivity (Wildman–Crippen MR) is 99.0 cm³/mol. The molecule has 1 aromatic carbocycles. The van der Waals surface area contributed by atoms with Gasteiger partial charge in [0.15, 0.2) is 0 Å². The summed E-state index contributed by atoms with van der Waals surface area (Å²) in [4.78, 5) is 17.6. The smallest absolute Gasteiger partial charge is 0.270 e. The Morgan fingerprint density at radius 3 is 2.82 bits per heavy atom. The first-order valence-corrected chi connectivity index (χ1v) is 8.24. The molecule has 0 aliphatic carbocycles. The van der Waals surface area contributed by atoms with Gasteiger partial charge in [-0.2, -0.15) is 0 Å². The molecule has 2 aromatic rings. The number of likely N-dealkylation sites (tertiary alicyclic amines) is 1. The second-order valence-electron chi connectivity index (χ2n) is 5.72. The Morgan fingerprint density at radius 1 is 1.45 bits per heavy atom. The predicted octanol–water partition coefficient (Wildman–Crippen LogP) is 1.75. The lowest BCUT2D eigenvalue weighted by Gasteiger charge is -2.13. The van der Waals surface area contributed by atoms with Crippen LogP contribution in [0.15, 0.2) is 24.8 Å². The molecule has 22 heavy (non-hydrogen) atoms. The SMILES string of the molecule is C=CC1CN(C(=O)c2cc3cc(C)c(P)c(P)c3[nH]2)CC1=N. The van der Waals surface area contributed by atoms with Gasteiger partial charge >= 0.3 is 0 Å². The van der Waals surface area contributed by atoms with Crippen LogP contribution in [-0.2, 0) is 0 Å². The number of rotatable bonds is 2. The highest BCUT2D eigenvalue weighted by atomic mass is 31.0. The summed E-state index contributed by atoms with van der Waals surface area (Å²) in [5.74, 6) is -0.0795. The van der Waals surface area contributed by atoms with Gasteiger partial charge in [-0.3, -0.25) is 4.79 Å². The number of aromatic nitrogens is 1. The van der Waals surface area contributed by atoms with E-state index in [2.05, 4.69) is 43.0 Å². The van der Waals surface area contributed by atoms with Crippen LogP contribution < -0.4 is 10.6 Å². The van der Waals surface area contributed by atoms with Gasteiger partial charge in [-0.1, -0.05) is 6.08 Å². The van der Waals surface area contributed by atoms with Crippen molar-refractivity contribution in [3.05, 3.63) is 36.0 Å². The molecule has 0 saturated carbocycles. The maximum Gasteiger partial charge on any atom is 0.270 e. The maximum atomic E-state index is 12.7. The first-order chi connectivity index (χ1) is 10.4. The van der Waals surface area contributed by atoms with Gasteiger partial charge in [0.1, 0.15) is 5.69 Å². The number of aryl methyl sites for hydroxylation is 1. The third-order valence-electron chi connectivity index (χ3n) is 4.23. The standard InChI is InChI=1S/C16H19N3OP2/c1-3-9-6-19(7-11(9)17)16(20)12-5-10-4-8(2)14(21)15(22)13(10)18-12/h3-5,9,17-18H,1,6-7,21-22H2,2H3. The van der Waals surface area contributed by atoms with Gasteiger partial charge in [0.2, 0.25) is 0 Å². The lowest BCUT2D eigenvalue weighted by Crippen LogP contribution is -2.29. The number of hydrogen-bond acceptors (Lipinski definition) is 2. The van der Waals surface area contributed by atoms with Gasteiger partial charge in [0, 0.05) is 28.9 Å². The Balaban J connectivity index is 1.97. The highest BCUT2D eigenvalue weighted by molar-refractivity contribution is 7.36. The third kappa shape index (κ3) is 2.41. The molecule has 0 spiro atoms. The second-order valence-corrected chi connectivity index (χ2v) is 6.88. The van der Waals surface area contributed by atoms with Gasteiger partial charge in [0.25, 0.3) is 5.91 Å². The van der Waals surface area contributed by atoms with E-state index in [9.17, 15) is 4.79 Å². The number of nitrogens with zero attached hydrogens (tertiary/aromatic N) is 1. The second kappa shape index (κ2) is 5.61. The number of fused-ring (bicyclic) bond motifs is 1. The van der Waals surface area contributed by atoms with Crippen LogP contribution >= 0.6 is 18.5 Å². The number of amides is 1. The molecule has 1 aliphatic rings. The molecule has 3 atom stereocenters. The summed E-state index contributed by atoms with van der Waals surface area (Å²) in [5.41, 5.74) is 3.27. The van der Waals surface area contributed by atoms with Crippen molar-refractivity contribution in [2.24, 2.45) is 5.92 Å². The number of carbonyl (C=O) groups is 1. The lowest BCUT2D eigenvalue weighted by atomic mass is 10.1. The average molecular weight is 331 g/mol. The number of nitrogens with one attached hydrogen (secondary N) is 2. The summed E-state index contributed by atoms with van der Waals surface area (Å²) in [6.45, 7) is 6.71. The fraction of sp³-hybridized carbons (Fsp3) is 0.250. The molecular weight excluding hydrogens is 312 g/mol. The minimum absolute atomic E-state index is 0.0218. The minimum atomic E-state index is -0.0577. The number of hydrogen-bond donors (Lipinski definition) is 2. The molecule has 114 valence electrons. The molecule has 1 amide bonds. The van der Waals surface area contributed by atoms with E-state index in [-0.39, 0.29) is 11.8 Å². The number of carbonyl (C=O) groups excluding carboxylic acids is 1. The summed E-state index contributed by atoms with van der Waals surface area (Å²) in [6, 6.07) is 3.98. The summed E-state index contributed by atoms with van der Waals surface area (Å²) in [5, 5.41) is 11.1. The number of benzene rings is 1. The fourth-order valence-electron chi connectivity index (χ4n) is 2.86. The van der Waals surface area contributed by atoms with Gasteiger partial charge in [-0.15, -0.1) is 25.1 Å². The summed E-state index contributed by atoms with van der Waals surface area (Å²) in [6.07, 6.45) is 1.74. The first-order valence-electron chi connectivity index (χ1n) is 7.08. The van der Waals surface area contributed by atoms with Crippen LogP contribution in [0.5, 0.6) is 0 Å². The topological polar surface area (TPSA) is 60.0 Å². The Hall–Kier alpha value is -1.50. The van der Waals surface area contributed by atoms with Crippen molar-refractivity contribution < 1.29 is 4.79 Å². The molecule has 0 radical (unpaired) electrons. The zero-order chi connectivity index (χ0) is 16.0. The zero-order valence-electron chi connectivity index (χ0n) is 12.4. The van der Waals surface area contributed by atoms with E-state index in [1.807, 2.05) is 6.07 Å². The van der Waals surface area contributed by atoms with Gasteiger partial charge in [0.05, 0.1) is 12.1 Å². The molecule has 1 aliphatic heterocycles. The van der Waals surface area contributed by atoms with E-state index in [1.165, 1.54) is 5.56 Å². The van der Waals surface area contributed by atoms with Crippen molar-refractivity contribution in [1.29, 1.82) is 5.41 Å². The minimum Gasteiger partial charge on any atom is -0.350 e. The highest BCUT2D eigenvalue weighted by Gasteiger charge is 2.30. The number of H-pyrrole nitrogens is 1. The number of aromatic amines is 1. The Morgan fingerprint density at radius 2 is 2.18 bits per heavy atom. The molecular formula is C16H19N3OP2. The normalized spacial score (nSPS) is 18.2. The van der Waals surface area contributed by atoms with Crippen LogP contribution in [0.3, 0.4) is 0 Å². The fourth-order valence-corrected chi connectivity index (χ4v) is 3.55. The maximum absolute atomic E-state index is 12.7. The Kier molecular flexibility index (Phi) is 3.92. The van der Waals surface area contributed by atoms with E-state index >= 15 is 0 Å². The van der Waals surface area contributed by atoms with Gasteiger partial charge in [-0.25, -0.2) is 0 Å². The van der Waals surface area contributed by atoms with E-state index in [0.29, 0.717) is 24.5 Å². The van der Waals surface area contributed by atoms with Crippen LogP contribution in [0.25, 0.3) is 10.9 Å².